The number of aromatic carboxylic acids is 1. The van der Waals surface area contributed by atoms with Crippen LogP contribution in [-0.4, -0.2) is 19.8 Å². The molecule has 0 saturated heterocycles. The molecule has 3 rings (SSSR count). The van der Waals surface area contributed by atoms with E-state index in [-0.39, 0.29) is 10.6 Å². The molecule has 0 amide bonds. The molecule has 1 atom stereocenters. The van der Waals surface area contributed by atoms with Crippen LogP contribution in [0.1, 0.15) is 27.7 Å². The summed E-state index contributed by atoms with van der Waals surface area (Å²) >= 11 is -1.60. The summed E-state index contributed by atoms with van der Waals surface area (Å²) in [6, 6.07) is 16.4. The Kier molecular flexibility index (Phi) is 5.74. The minimum absolute atomic E-state index is 0.0166. The SMILES string of the molecule is CCc1ccc(-c2cc(N(c3ccccc3C)S(=O)[O-])c(C(=O)O)s2)cc1. The highest BCUT2D eigenvalue weighted by Crippen LogP contribution is 2.41. The fourth-order valence-corrected chi connectivity index (χ4v) is 4.53. The molecule has 1 heterocycles. The van der Waals surface area contributed by atoms with Gasteiger partial charge in [-0.1, -0.05) is 49.4 Å². The van der Waals surface area contributed by atoms with E-state index in [0.29, 0.717) is 10.6 Å². The lowest BCUT2D eigenvalue weighted by Crippen LogP contribution is -2.21. The topological polar surface area (TPSA) is 80.7 Å². The summed E-state index contributed by atoms with van der Waals surface area (Å²) in [5.74, 6) is -1.16. The molecule has 27 heavy (non-hydrogen) atoms. The van der Waals surface area contributed by atoms with Crippen molar-refractivity contribution >= 4 is 39.9 Å². The molecule has 0 saturated carbocycles. The van der Waals surface area contributed by atoms with Gasteiger partial charge >= 0.3 is 5.97 Å². The van der Waals surface area contributed by atoms with Crippen LogP contribution < -0.4 is 4.31 Å². The zero-order valence-corrected chi connectivity index (χ0v) is 16.5. The van der Waals surface area contributed by atoms with Crippen LogP contribution in [0, 0.1) is 6.92 Å². The molecule has 0 radical (unpaired) electrons. The Morgan fingerprint density at radius 2 is 1.81 bits per heavy atom. The van der Waals surface area contributed by atoms with Crippen molar-refractivity contribution in [3.63, 3.8) is 0 Å². The third-order valence-electron chi connectivity index (χ3n) is 4.26. The lowest BCUT2D eigenvalue weighted by Gasteiger charge is -2.27. The molecule has 1 aromatic heterocycles. The van der Waals surface area contributed by atoms with Crippen LogP contribution in [0.2, 0.25) is 0 Å². The number of hydrogen-bond acceptors (Lipinski definition) is 4. The first-order valence-corrected chi connectivity index (χ1v) is 10.2. The van der Waals surface area contributed by atoms with Crippen LogP contribution in [0.25, 0.3) is 10.4 Å². The Bertz CT molecular complexity index is 995. The first-order chi connectivity index (χ1) is 12.9. The molecular formula is C20H18NO4S2-. The van der Waals surface area contributed by atoms with Gasteiger partial charge in [0.25, 0.3) is 0 Å². The molecule has 0 bridgehead atoms. The maximum atomic E-state index is 12.0. The van der Waals surface area contributed by atoms with Crippen molar-refractivity contribution in [1.82, 2.24) is 0 Å². The molecule has 1 N–H and O–H groups in total. The zero-order chi connectivity index (χ0) is 19.6. The van der Waals surface area contributed by atoms with Gasteiger partial charge in [-0.2, -0.15) is 0 Å². The van der Waals surface area contributed by atoms with Crippen molar-refractivity contribution in [3.05, 3.63) is 70.6 Å². The molecule has 7 heteroatoms. The van der Waals surface area contributed by atoms with E-state index in [9.17, 15) is 18.7 Å². The summed E-state index contributed by atoms with van der Waals surface area (Å²) in [6.45, 7) is 3.84. The number of thiophene rings is 1. The van der Waals surface area contributed by atoms with Gasteiger partial charge in [-0.05, 0) is 42.2 Å². The summed E-state index contributed by atoms with van der Waals surface area (Å²) in [6.07, 6.45) is 0.909. The fraction of sp³-hybridized carbons (Fsp3) is 0.150. The first kappa shape index (κ1) is 19.3. The summed E-state index contributed by atoms with van der Waals surface area (Å²) in [4.78, 5) is 12.5. The van der Waals surface area contributed by atoms with Crippen LogP contribution in [0.5, 0.6) is 0 Å². The third-order valence-corrected chi connectivity index (χ3v) is 6.11. The minimum Gasteiger partial charge on any atom is -0.755 e. The normalized spacial score (nSPS) is 12.0. The highest BCUT2D eigenvalue weighted by molar-refractivity contribution is 7.81. The van der Waals surface area contributed by atoms with Gasteiger partial charge in [-0.25, -0.2) is 4.79 Å². The predicted octanol–water partition coefficient (Wildman–Crippen LogP) is 4.92. The quantitative estimate of drug-likeness (QED) is 0.596. The van der Waals surface area contributed by atoms with E-state index in [1.54, 1.807) is 37.3 Å². The Morgan fingerprint density at radius 1 is 1.15 bits per heavy atom. The van der Waals surface area contributed by atoms with E-state index in [2.05, 4.69) is 6.92 Å². The molecule has 0 aliphatic rings. The van der Waals surface area contributed by atoms with Gasteiger partial charge in [0.2, 0.25) is 0 Å². The maximum absolute atomic E-state index is 12.0. The van der Waals surface area contributed by atoms with Crippen molar-refractivity contribution in [2.24, 2.45) is 0 Å². The molecule has 0 aliphatic carbocycles. The van der Waals surface area contributed by atoms with Crippen molar-refractivity contribution < 1.29 is 18.7 Å². The molecule has 140 valence electrons. The third kappa shape index (κ3) is 3.95. The summed E-state index contributed by atoms with van der Waals surface area (Å²) < 4.78 is 25.0. The van der Waals surface area contributed by atoms with Gasteiger partial charge in [0.1, 0.15) is 4.88 Å². The molecule has 3 aromatic rings. The van der Waals surface area contributed by atoms with E-state index in [0.717, 1.165) is 33.2 Å². The van der Waals surface area contributed by atoms with Gasteiger partial charge in [0.15, 0.2) is 0 Å². The Labute approximate surface area is 164 Å². The number of carbonyl (C=O) groups is 1. The summed E-state index contributed by atoms with van der Waals surface area (Å²) in [5, 5.41) is 9.64. The minimum atomic E-state index is -2.66. The van der Waals surface area contributed by atoms with Gasteiger partial charge in [-0.3, -0.25) is 8.51 Å². The molecule has 2 aromatic carbocycles. The van der Waals surface area contributed by atoms with Crippen molar-refractivity contribution in [1.29, 1.82) is 0 Å². The fourth-order valence-electron chi connectivity index (χ4n) is 2.81. The second-order valence-corrected chi connectivity index (χ2v) is 7.83. The molecular weight excluding hydrogens is 382 g/mol. The second kappa shape index (κ2) is 8.04. The Balaban J connectivity index is 2.15. The highest BCUT2D eigenvalue weighted by atomic mass is 32.2. The number of carboxylic acid groups (broad SMARTS) is 1. The van der Waals surface area contributed by atoms with Gasteiger partial charge < -0.3 is 9.66 Å². The van der Waals surface area contributed by atoms with Gasteiger partial charge in [0.05, 0.1) is 22.6 Å². The number of nitrogens with zero attached hydrogens (tertiary/aromatic N) is 1. The standard InChI is InChI=1S/C20H19NO4S2/c1-3-14-8-10-15(11-9-14)18-12-17(19(26-18)20(22)23)21(27(24)25)16-7-5-4-6-13(16)2/h4-12H,3H2,1-2H3,(H,22,23)(H,24,25)/p-1. The van der Waals surface area contributed by atoms with Crippen LogP contribution in [0.4, 0.5) is 11.4 Å². The maximum Gasteiger partial charge on any atom is 0.348 e. The zero-order valence-electron chi connectivity index (χ0n) is 14.8. The van der Waals surface area contributed by atoms with Gasteiger partial charge in [-0.15, -0.1) is 11.3 Å². The lowest BCUT2D eigenvalue weighted by atomic mass is 10.1. The largest absolute Gasteiger partial charge is 0.755 e. The van der Waals surface area contributed by atoms with E-state index in [1.807, 2.05) is 24.3 Å². The molecule has 1 unspecified atom stereocenters. The van der Waals surface area contributed by atoms with Crippen LogP contribution in [0.15, 0.2) is 54.6 Å². The summed E-state index contributed by atoms with van der Waals surface area (Å²) in [5.41, 5.74) is 3.34. The Morgan fingerprint density at radius 3 is 2.37 bits per heavy atom. The van der Waals surface area contributed by atoms with Crippen molar-refractivity contribution in [3.8, 4) is 10.4 Å². The van der Waals surface area contributed by atoms with E-state index < -0.39 is 17.2 Å². The monoisotopic (exact) mass is 400 g/mol. The molecule has 5 nitrogen and oxygen atoms in total. The van der Waals surface area contributed by atoms with Gasteiger partial charge in [0, 0.05) is 4.88 Å². The van der Waals surface area contributed by atoms with E-state index in [4.69, 9.17) is 0 Å². The Hall–Kier alpha value is -2.48. The number of hydrogen-bond donors (Lipinski definition) is 1. The average molecular weight is 401 g/mol. The number of anilines is 2. The average Bonchev–Trinajstić information content (AvgIpc) is 3.08. The molecule has 0 aliphatic heterocycles. The second-order valence-electron chi connectivity index (χ2n) is 5.98. The predicted molar refractivity (Wildman–Crippen MR) is 108 cm³/mol. The number of para-hydroxylation sites is 1. The highest BCUT2D eigenvalue weighted by Gasteiger charge is 2.24. The van der Waals surface area contributed by atoms with Crippen LogP contribution >= 0.6 is 11.3 Å². The molecule has 0 spiro atoms. The number of benzene rings is 2. The lowest BCUT2D eigenvalue weighted by molar-refractivity contribution is 0.0703. The number of aryl methyl sites for hydroxylation is 2. The van der Waals surface area contributed by atoms with E-state index >= 15 is 0 Å². The van der Waals surface area contributed by atoms with Crippen LogP contribution in [0.3, 0.4) is 0 Å². The number of rotatable bonds is 6. The smallest absolute Gasteiger partial charge is 0.348 e. The summed E-state index contributed by atoms with van der Waals surface area (Å²) in [7, 11) is 0. The van der Waals surface area contributed by atoms with Crippen LogP contribution in [-0.2, 0) is 17.7 Å². The van der Waals surface area contributed by atoms with E-state index in [1.165, 1.54) is 5.56 Å². The van der Waals surface area contributed by atoms with Crippen molar-refractivity contribution in [2.45, 2.75) is 20.3 Å². The molecule has 0 fully saturated rings. The number of carboxylic acids is 1. The first-order valence-electron chi connectivity index (χ1n) is 8.34. The van der Waals surface area contributed by atoms with Crippen molar-refractivity contribution in [2.75, 3.05) is 4.31 Å².